The predicted octanol–water partition coefficient (Wildman–Crippen LogP) is -2.42. The van der Waals surface area contributed by atoms with Gasteiger partial charge in [0, 0.05) is 68.3 Å². The molecule has 7 atom stereocenters. The molecule has 2 unspecified atom stereocenters. The van der Waals surface area contributed by atoms with Crippen molar-refractivity contribution in [3.05, 3.63) is 90.1 Å². The molecule has 0 aliphatic carbocycles. The summed E-state index contributed by atoms with van der Waals surface area (Å²) in [5.41, 5.74) is 19.1. The van der Waals surface area contributed by atoms with E-state index in [1.165, 1.54) is 26.4 Å². The van der Waals surface area contributed by atoms with Crippen LogP contribution in [0.5, 0.6) is 0 Å². The van der Waals surface area contributed by atoms with Crippen LogP contribution in [0.4, 0.5) is 0 Å². The lowest BCUT2D eigenvalue weighted by Crippen LogP contribution is -2.60. The van der Waals surface area contributed by atoms with Crippen molar-refractivity contribution in [3.8, 4) is 0 Å². The summed E-state index contributed by atoms with van der Waals surface area (Å²) in [5, 5.41) is 21.9. The molecule has 1 saturated heterocycles. The Kier molecular flexibility index (Phi) is 20.0. The Morgan fingerprint density at radius 2 is 1.44 bits per heavy atom. The third-order valence-electron chi connectivity index (χ3n) is 11.6. The number of aromatic nitrogens is 3. The molecule has 0 radical (unpaired) electrons. The van der Waals surface area contributed by atoms with Gasteiger partial charge in [0.25, 0.3) is 0 Å². The average molecular weight is 982 g/mol. The van der Waals surface area contributed by atoms with Gasteiger partial charge in [-0.15, -0.1) is 0 Å². The number of nitrogens with one attached hydrogen (secondary N) is 10. The fraction of sp³-hybridized carbons (Fsp3) is 0.426. The lowest BCUT2D eigenvalue weighted by atomic mass is 10.0. The smallest absolute Gasteiger partial charge is 0.243 e. The number of hydrogen-bond donors (Lipinski definition) is 13. The number of rotatable bonds is 14. The van der Waals surface area contributed by atoms with Gasteiger partial charge in [-0.1, -0.05) is 48.5 Å². The van der Waals surface area contributed by atoms with Gasteiger partial charge in [0.1, 0.15) is 42.3 Å². The van der Waals surface area contributed by atoms with Crippen molar-refractivity contribution >= 4 is 70.0 Å². The van der Waals surface area contributed by atoms with Crippen molar-refractivity contribution in [2.75, 3.05) is 13.1 Å². The number of nitrogens with two attached hydrogens (primary N) is 3. The van der Waals surface area contributed by atoms with Gasteiger partial charge in [-0.05, 0) is 56.2 Å². The molecule has 4 aromatic rings. The van der Waals surface area contributed by atoms with Gasteiger partial charge in [0.2, 0.25) is 53.2 Å². The molecular weight excluding hydrogens is 919 g/mol. The van der Waals surface area contributed by atoms with Gasteiger partial charge in [0.05, 0.1) is 12.7 Å². The molecule has 2 aromatic carbocycles. The zero-order valence-electron chi connectivity index (χ0n) is 39.5. The first-order valence-electron chi connectivity index (χ1n) is 23.2. The van der Waals surface area contributed by atoms with Crippen LogP contribution in [0, 0.1) is 0 Å². The maximum absolute atomic E-state index is 14.4. The van der Waals surface area contributed by atoms with E-state index < -0.39 is 102 Å². The van der Waals surface area contributed by atoms with E-state index in [1.54, 1.807) is 36.5 Å². The standard InChI is InChI=1S/C47H63N15O9/c1-26-41(66)59-36(20-29-23-54-32-14-7-6-13-31(29)32)44(69)58-33(40(48)65)15-8-9-17-52-39(64)22-38(62-42(67)34(57-27(2)63)16-10-18-53-47(49)50)46(71)61-37(21-30-24-51-25-55-30)45(70)60-35(43(68)56-26)19-28-11-4-3-5-12-28/h3-7,11-14,23-26,33-38,54H,8-10,15-22H2,1-2H3,(H2,48,65)(H,51,55)(H,52,64)(H,56,68)(H,57,63)(H,58,69)(H,59,66)(H,60,70)(H,61,71)(H,62,67)(H4,49,50,53)/t26-,33-,34-,35?,36-,37-,38?/m0/s1. The van der Waals surface area contributed by atoms with Crippen LogP contribution in [-0.2, 0) is 62.4 Å². The Balaban J connectivity index is 1.48. The van der Waals surface area contributed by atoms with E-state index in [1.807, 2.05) is 24.3 Å². The number of para-hydroxylation sites is 1. The number of imidazole rings is 1. The van der Waals surface area contributed by atoms with Crippen molar-refractivity contribution in [1.82, 2.24) is 57.5 Å². The van der Waals surface area contributed by atoms with E-state index in [0.717, 1.165) is 10.9 Å². The third-order valence-corrected chi connectivity index (χ3v) is 11.6. The topological polar surface area (TPSA) is 385 Å². The number of amides is 9. The monoisotopic (exact) mass is 981 g/mol. The molecule has 0 bridgehead atoms. The summed E-state index contributed by atoms with van der Waals surface area (Å²) in [6.45, 7) is 2.75. The van der Waals surface area contributed by atoms with Gasteiger partial charge in [0.15, 0.2) is 5.96 Å². The lowest BCUT2D eigenvalue weighted by molar-refractivity contribution is -0.136. The first-order chi connectivity index (χ1) is 34.0. The van der Waals surface area contributed by atoms with E-state index in [9.17, 15) is 43.2 Å². The third kappa shape index (κ3) is 17.0. The molecule has 3 heterocycles. The van der Waals surface area contributed by atoms with Crippen LogP contribution in [0.2, 0.25) is 0 Å². The van der Waals surface area contributed by atoms with Gasteiger partial charge >= 0.3 is 0 Å². The predicted molar refractivity (Wildman–Crippen MR) is 260 cm³/mol. The number of carbonyl (C=O) groups excluding carboxylic acids is 9. The Morgan fingerprint density at radius 1 is 0.775 bits per heavy atom. The number of hydrogen-bond acceptors (Lipinski definition) is 11. The number of primary amides is 1. The highest BCUT2D eigenvalue weighted by Gasteiger charge is 2.35. The highest BCUT2D eigenvalue weighted by atomic mass is 16.2. The Hall–Kier alpha value is -8.31. The van der Waals surface area contributed by atoms with Crippen LogP contribution in [0.1, 0.15) is 69.2 Å². The van der Waals surface area contributed by atoms with Gasteiger partial charge in [-0.3, -0.25) is 48.1 Å². The van der Waals surface area contributed by atoms with Crippen LogP contribution in [0.3, 0.4) is 0 Å². The second-order valence-electron chi connectivity index (χ2n) is 17.2. The molecular formula is C47H63N15O9. The summed E-state index contributed by atoms with van der Waals surface area (Å²) in [7, 11) is 0. The van der Waals surface area contributed by atoms with Gasteiger partial charge in [-0.2, -0.15) is 0 Å². The van der Waals surface area contributed by atoms with Crippen LogP contribution in [-0.4, -0.2) is 129 Å². The Bertz CT molecular complexity index is 2530. The second-order valence-corrected chi connectivity index (χ2v) is 17.2. The number of guanidine groups is 1. The van der Waals surface area contributed by atoms with E-state index in [0.29, 0.717) is 16.8 Å². The summed E-state index contributed by atoms with van der Waals surface area (Å²) < 4.78 is 0. The quantitative estimate of drug-likeness (QED) is 0.0357. The summed E-state index contributed by atoms with van der Waals surface area (Å²) in [6, 6.07) is 6.68. The van der Waals surface area contributed by atoms with E-state index in [-0.39, 0.29) is 70.4 Å². The molecule has 1 aliphatic rings. The van der Waals surface area contributed by atoms with Crippen LogP contribution >= 0.6 is 0 Å². The Morgan fingerprint density at radius 3 is 2.14 bits per heavy atom. The van der Waals surface area contributed by atoms with Crippen molar-refractivity contribution in [2.24, 2.45) is 22.2 Å². The number of carbonyl (C=O) groups is 9. The molecule has 380 valence electrons. The lowest BCUT2D eigenvalue weighted by Gasteiger charge is -2.27. The largest absolute Gasteiger partial charge is 0.370 e. The zero-order valence-corrected chi connectivity index (χ0v) is 39.5. The van der Waals surface area contributed by atoms with E-state index >= 15 is 0 Å². The molecule has 0 saturated carbocycles. The second kappa shape index (κ2) is 26.4. The highest BCUT2D eigenvalue weighted by molar-refractivity contribution is 5.99. The van der Waals surface area contributed by atoms with Crippen molar-refractivity contribution in [1.29, 1.82) is 0 Å². The Labute approximate surface area is 409 Å². The molecule has 5 rings (SSSR count). The molecule has 24 nitrogen and oxygen atoms in total. The zero-order chi connectivity index (χ0) is 51.5. The van der Waals surface area contributed by atoms with Crippen LogP contribution in [0.25, 0.3) is 10.9 Å². The van der Waals surface area contributed by atoms with Crippen molar-refractivity contribution in [3.63, 3.8) is 0 Å². The average Bonchev–Trinajstić information content (AvgIpc) is 4.00. The molecule has 24 heteroatoms. The first kappa shape index (κ1) is 53.6. The number of aromatic amines is 2. The molecule has 16 N–H and O–H groups in total. The molecule has 1 aliphatic heterocycles. The number of fused-ring (bicyclic) bond motifs is 1. The fourth-order valence-corrected chi connectivity index (χ4v) is 7.85. The van der Waals surface area contributed by atoms with Crippen molar-refractivity contribution < 1.29 is 43.2 Å². The number of H-pyrrole nitrogens is 2. The minimum Gasteiger partial charge on any atom is -0.370 e. The highest BCUT2D eigenvalue weighted by Crippen LogP contribution is 2.20. The van der Waals surface area contributed by atoms with Crippen LogP contribution < -0.4 is 59.7 Å². The minimum atomic E-state index is -1.62. The summed E-state index contributed by atoms with van der Waals surface area (Å²) in [5.74, 6) is -7.21. The maximum atomic E-state index is 14.4. The fourth-order valence-electron chi connectivity index (χ4n) is 7.85. The van der Waals surface area contributed by atoms with Gasteiger partial charge < -0.3 is 69.7 Å². The maximum Gasteiger partial charge on any atom is 0.243 e. The van der Waals surface area contributed by atoms with Gasteiger partial charge in [-0.25, -0.2) is 4.98 Å². The van der Waals surface area contributed by atoms with E-state index in [4.69, 9.17) is 17.2 Å². The molecule has 9 amide bonds. The van der Waals surface area contributed by atoms with Crippen LogP contribution in [0.15, 0.2) is 78.3 Å². The molecule has 1 fully saturated rings. The number of nitrogens with zero attached hydrogens (tertiary/aromatic N) is 2. The SMILES string of the molecule is CC(=O)N[C@@H](CCCN=C(N)N)C(=O)NC1CC(=O)NCCCC[C@@H](C(N)=O)NC(=O)[C@H](Cc2c[nH]c3ccccc23)NC(=O)[C@H](C)NC(=O)C(Cc2ccccc2)NC(=O)[C@H](Cc2cnc[nH]2)NC1=O. The minimum absolute atomic E-state index is 0.0231. The number of benzene rings is 2. The summed E-state index contributed by atoms with van der Waals surface area (Å²) in [6.07, 6.45) is 4.42. The van der Waals surface area contributed by atoms with E-state index in [2.05, 4.69) is 62.5 Å². The first-order valence-corrected chi connectivity index (χ1v) is 23.2. The summed E-state index contributed by atoms with van der Waals surface area (Å²) >= 11 is 0. The summed E-state index contributed by atoms with van der Waals surface area (Å²) in [4.78, 5) is 137. The normalized spacial score (nSPS) is 21.7. The number of aliphatic imine (C=N–C) groups is 1. The molecule has 2 aromatic heterocycles. The molecule has 71 heavy (non-hydrogen) atoms. The molecule has 0 spiro atoms. The van der Waals surface area contributed by atoms with Crippen molar-refractivity contribution in [2.45, 2.75) is 114 Å².